The molecule has 25 heavy (non-hydrogen) atoms. The van der Waals surface area contributed by atoms with Crippen LogP contribution in [0.25, 0.3) is 0 Å². The molecule has 0 radical (unpaired) electrons. The van der Waals surface area contributed by atoms with Gasteiger partial charge in [-0.15, -0.1) is 0 Å². The molecule has 0 aliphatic carbocycles. The molecule has 2 rings (SSSR count). The number of carboxylic acid groups (broad SMARTS) is 1. The van der Waals surface area contributed by atoms with Gasteiger partial charge in [-0.05, 0) is 0 Å². The minimum absolute atomic E-state index is 0.00555. The first-order valence-corrected chi connectivity index (χ1v) is 10.7. The van der Waals surface area contributed by atoms with E-state index >= 15 is 0 Å². The van der Waals surface area contributed by atoms with Gasteiger partial charge in [0.25, 0.3) is 0 Å². The molecule has 0 amide bonds. The van der Waals surface area contributed by atoms with Crippen LogP contribution in [0.15, 0.2) is 42.5 Å². The number of hydrogen-bond donors (Lipinski definition) is 1. The predicted molar refractivity (Wildman–Crippen MR) is 101 cm³/mol. The Balaban J connectivity index is 1.97. The number of aliphatic carboxylic acids is 1. The summed E-state index contributed by atoms with van der Waals surface area (Å²) in [7, 11) is 0. The van der Waals surface area contributed by atoms with Crippen molar-refractivity contribution in [1.29, 1.82) is 0 Å². The van der Waals surface area contributed by atoms with Crippen LogP contribution in [-0.2, 0) is 4.79 Å². The number of rotatable bonds is 7. The molecule has 1 atom stereocenters. The van der Waals surface area contributed by atoms with E-state index in [9.17, 15) is 9.59 Å². The van der Waals surface area contributed by atoms with Gasteiger partial charge in [0.05, 0.1) is 0 Å². The molecule has 0 bridgehead atoms. The fraction of sp³-hybridized carbons (Fsp3) is 0.222. The monoisotopic (exact) mass is 442 g/mol. The number of ether oxygens (including phenoxy) is 1. The molecule has 0 aliphatic rings. The number of carbonyl (C=O) groups is 2. The minimum atomic E-state index is -1.29. The van der Waals surface area contributed by atoms with Crippen LogP contribution in [0.4, 0.5) is 0 Å². The molecular weight excluding hydrogens is 426 g/mol. The van der Waals surface area contributed by atoms with E-state index in [1.165, 1.54) is 13.8 Å². The first kappa shape index (κ1) is 19.8. The number of Topliss-reactive ketones (excluding diaryl/α,β-unsaturated/α-hetero) is 1. The van der Waals surface area contributed by atoms with Gasteiger partial charge in [-0.3, -0.25) is 0 Å². The summed E-state index contributed by atoms with van der Waals surface area (Å²) in [5.74, 6) is -0.556. The molecule has 1 N–H and O–H groups in total. The Morgan fingerprint density at radius 1 is 1.12 bits per heavy atom. The number of halogens is 2. The Morgan fingerprint density at radius 2 is 1.76 bits per heavy atom. The van der Waals surface area contributed by atoms with Crippen molar-refractivity contribution >= 4 is 55.1 Å². The molecule has 0 heterocycles. The van der Waals surface area contributed by atoms with Crippen molar-refractivity contribution in [3.05, 3.63) is 58.1 Å². The molecule has 2 aromatic carbocycles. The third-order valence-corrected chi connectivity index (χ3v) is 6.58. The van der Waals surface area contributed by atoms with Crippen molar-refractivity contribution in [2.75, 3.05) is 0 Å². The maximum absolute atomic E-state index is 12.3. The molecular formula is C18H17AsCl2O4. The summed E-state index contributed by atoms with van der Waals surface area (Å²) in [5, 5.41) is 10.4. The third-order valence-electron chi connectivity index (χ3n) is 3.43. The van der Waals surface area contributed by atoms with Gasteiger partial charge in [0, 0.05) is 0 Å². The fourth-order valence-corrected chi connectivity index (χ4v) is 4.50. The van der Waals surface area contributed by atoms with Crippen LogP contribution >= 0.6 is 23.2 Å². The second-order valence-corrected chi connectivity index (χ2v) is 9.38. The number of hydrogen-bond acceptors (Lipinski definition) is 3. The Morgan fingerprint density at radius 3 is 2.32 bits per heavy atom. The van der Waals surface area contributed by atoms with Crippen LogP contribution in [0.5, 0.6) is 5.75 Å². The summed E-state index contributed by atoms with van der Waals surface area (Å²) in [4.78, 5) is 23.4. The Bertz CT molecular complexity index is 788. The van der Waals surface area contributed by atoms with Gasteiger partial charge in [0.1, 0.15) is 0 Å². The Kier molecular flexibility index (Phi) is 6.56. The van der Waals surface area contributed by atoms with Crippen LogP contribution in [0.1, 0.15) is 24.2 Å². The molecule has 0 spiro atoms. The third kappa shape index (κ3) is 5.50. The van der Waals surface area contributed by atoms with Crippen molar-refractivity contribution in [2.45, 2.75) is 24.7 Å². The van der Waals surface area contributed by atoms with Crippen LogP contribution in [0.2, 0.25) is 15.3 Å². The topological polar surface area (TPSA) is 63.6 Å². The number of carbonyl (C=O) groups excluding carboxylic acids is 1. The number of benzene rings is 2. The van der Waals surface area contributed by atoms with E-state index < -0.39 is 27.3 Å². The SMILES string of the molecule is CC(C)(Oc1ccc([AsH]CC(=O)c2ccc(Cl)cc2Cl)cc1)C(=O)O. The summed E-state index contributed by atoms with van der Waals surface area (Å²) in [6.45, 7) is 2.98. The van der Waals surface area contributed by atoms with Crippen LogP contribution in [0, 0.1) is 0 Å². The van der Waals surface area contributed by atoms with Gasteiger partial charge >= 0.3 is 163 Å². The zero-order valence-corrected chi connectivity index (χ0v) is 17.3. The van der Waals surface area contributed by atoms with Gasteiger partial charge in [0.2, 0.25) is 0 Å². The van der Waals surface area contributed by atoms with Crippen molar-refractivity contribution in [3.8, 4) is 5.75 Å². The number of carboxylic acids is 1. The molecule has 0 fully saturated rings. The number of ketones is 1. The second kappa shape index (κ2) is 8.27. The molecule has 7 heteroatoms. The van der Waals surface area contributed by atoms with E-state index in [2.05, 4.69) is 0 Å². The fourth-order valence-electron chi connectivity index (χ4n) is 1.97. The summed E-state index contributed by atoms with van der Waals surface area (Å²) < 4.78 is 6.53. The van der Waals surface area contributed by atoms with E-state index in [4.69, 9.17) is 33.0 Å². The average molecular weight is 443 g/mol. The molecule has 0 aliphatic heterocycles. The first-order chi connectivity index (χ1) is 11.7. The second-order valence-electron chi connectivity index (χ2n) is 5.84. The van der Waals surface area contributed by atoms with Crippen molar-refractivity contribution in [2.24, 2.45) is 0 Å². The summed E-state index contributed by atoms with van der Waals surface area (Å²) in [6.07, 6.45) is 0. The molecule has 1 unspecified atom stereocenters. The van der Waals surface area contributed by atoms with Crippen LogP contribution in [-0.4, -0.2) is 38.2 Å². The molecule has 0 saturated carbocycles. The molecule has 2 aromatic rings. The molecule has 132 valence electrons. The Labute approximate surface area is 162 Å². The first-order valence-electron chi connectivity index (χ1n) is 7.43. The predicted octanol–water partition coefficient (Wildman–Crippen LogP) is 3.60. The summed E-state index contributed by atoms with van der Waals surface area (Å²) >= 11 is 11.2. The van der Waals surface area contributed by atoms with Crippen LogP contribution < -0.4 is 9.09 Å². The van der Waals surface area contributed by atoms with Gasteiger partial charge in [-0.25, -0.2) is 0 Å². The van der Waals surface area contributed by atoms with Crippen molar-refractivity contribution in [3.63, 3.8) is 0 Å². The average Bonchev–Trinajstić information content (AvgIpc) is 2.53. The van der Waals surface area contributed by atoms with E-state index in [1.54, 1.807) is 30.3 Å². The van der Waals surface area contributed by atoms with Gasteiger partial charge in [-0.2, -0.15) is 0 Å². The zero-order valence-electron chi connectivity index (χ0n) is 13.7. The summed E-state index contributed by atoms with van der Waals surface area (Å²) in [5.41, 5.74) is -0.808. The van der Waals surface area contributed by atoms with Crippen molar-refractivity contribution in [1.82, 2.24) is 0 Å². The van der Waals surface area contributed by atoms with Gasteiger partial charge in [0.15, 0.2) is 0 Å². The van der Waals surface area contributed by atoms with E-state index in [1.807, 2.05) is 12.1 Å². The zero-order chi connectivity index (χ0) is 18.6. The molecule has 0 saturated heterocycles. The van der Waals surface area contributed by atoms with E-state index in [-0.39, 0.29) is 5.78 Å². The normalized spacial score (nSPS) is 11.7. The van der Waals surface area contributed by atoms with Gasteiger partial charge in [-0.1, -0.05) is 0 Å². The summed E-state index contributed by atoms with van der Waals surface area (Å²) in [6, 6.07) is 12.0. The quantitative estimate of drug-likeness (QED) is 0.525. The van der Waals surface area contributed by atoms with Crippen molar-refractivity contribution < 1.29 is 19.4 Å². The van der Waals surface area contributed by atoms with E-state index in [0.29, 0.717) is 26.6 Å². The van der Waals surface area contributed by atoms with Crippen LogP contribution in [0.3, 0.4) is 0 Å². The molecule has 0 aromatic heterocycles. The Hall–Kier alpha value is -1.48. The maximum atomic E-state index is 12.3. The van der Waals surface area contributed by atoms with E-state index in [0.717, 1.165) is 4.35 Å². The standard InChI is InChI=1S/C18H17AsCl2O4/c1-18(2,17(23)24)25-13-6-3-11(4-7-13)19-10-16(22)14-8-5-12(20)9-15(14)21/h3-9,19H,10H2,1-2H3,(H,23,24). The molecule has 4 nitrogen and oxygen atoms in total. The van der Waals surface area contributed by atoms with Gasteiger partial charge < -0.3 is 0 Å².